The molecule has 0 bridgehead atoms. The number of pyridine rings is 1. The second-order valence-electron chi connectivity index (χ2n) is 10.4. The van der Waals surface area contributed by atoms with Crippen LogP contribution in [0.4, 0.5) is 5.69 Å². The number of carbonyl (C=O) groups is 1. The summed E-state index contributed by atoms with van der Waals surface area (Å²) in [5.74, 6) is -0.129. The van der Waals surface area contributed by atoms with E-state index in [0.29, 0.717) is 23.9 Å². The minimum atomic E-state index is -0.604. The first kappa shape index (κ1) is 27.4. The third-order valence-corrected chi connectivity index (χ3v) is 7.74. The Kier molecular flexibility index (Phi) is 9.01. The summed E-state index contributed by atoms with van der Waals surface area (Å²) in [6, 6.07) is 19.4. The fourth-order valence-electron chi connectivity index (χ4n) is 5.54. The smallest absolute Gasteiger partial charge is 0.257 e. The molecule has 2 saturated heterocycles. The van der Waals surface area contributed by atoms with Crippen molar-refractivity contribution in [1.29, 1.82) is 0 Å². The SMILES string of the molecule is COC[C@@H]1CCCN1C[C@@H]1O[C@H](c2cccc(NC(=O)c3cccnc3)c2)O[C@H](c2ccc(CO)cc2)[C@@H]1C. The first-order valence-corrected chi connectivity index (χ1v) is 13.6. The zero-order chi connectivity index (χ0) is 27.2. The molecule has 0 unspecified atom stereocenters. The second-order valence-corrected chi connectivity index (χ2v) is 10.4. The van der Waals surface area contributed by atoms with Crippen molar-refractivity contribution >= 4 is 11.6 Å². The van der Waals surface area contributed by atoms with Crippen molar-refractivity contribution in [3.05, 3.63) is 95.3 Å². The molecule has 8 nitrogen and oxygen atoms in total. The number of nitrogens with one attached hydrogen (secondary N) is 1. The summed E-state index contributed by atoms with van der Waals surface area (Å²) in [7, 11) is 1.76. The number of rotatable bonds is 9. The van der Waals surface area contributed by atoms with E-state index in [-0.39, 0.29) is 30.6 Å². The molecule has 2 aliphatic heterocycles. The van der Waals surface area contributed by atoms with Crippen LogP contribution in [0.15, 0.2) is 73.1 Å². The average Bonchev–Trinajstić information content (AvgIpc) is 3.41. The quantitative estimate of drug-likeness (QED) is 0.412. The van der Waals surface area contributed by atoms with Gasteiger partial charge in [0, 0.05) is 49.3 Å². The normalized spacial score (nSPS) is 25.5. The van der Waals surface area contributed by atoms with Gasteiger partial charge < -0.3 is 24.6 Å². The number of carbonyl (C=O) groups excluding carboxylic acids is 1. The van der Waals surface area contributed by atoms with Crippen molar-refractivity contribution < 1.29 is 24.1 Å². The molecule has 3 heterocycles. The fourth-order valence-corrected chi connectivity index (χ4v) is 5.54. The molecule has 2 fully saturated rings. The van der Waals surface area contributed by atoms with Gasteiger partial charge >= 0.3 is 0 Å². The van der Waals surface area contributed by atoms with E-state index in [1.165, 1.54) is 0 Å². The van der Waals surface area contributed by atoms with Crippen molar-refractivity contribution in [2.45, 2.75) is 50.9 Å². The molecule has 5 atom stereocenters. The zero-order valence-electron chi connectivity index (χ0n) is 22.5. The third-order valence-electron chi connectivity index (χ3n) is 7.74. The first-order valence-electron chi connectivity index (χ1n) is 13.6. The summed E-state index contributed by atoms with van der Waals surface area (Å²) in [6.45, 7) is 4.71. The molecule has 0 saturated carbocycles. The maximum Gasteiger partial charge on any atom is 0.257 e. The Morgan fingerprint density at radius 2 is 1.97 bits per heavy atom. The van der Waals surface area contributed by atoms with Crippen LogP contribution in [0.25, 0.3) is 0 Å². The van der Waals surface area contributed by atoms with Crippen LogP contribution >= 0.6 is 0 Å². The van der Waals surface area contributed by atoms with E-state index in [0.717, 1.165) is 42.6 Å². The van der Waals surface area contributed by atoms with Crippen LogP contribution in [0.1, 0.15) is 59.2 Å². The monoisotopic (exact) mass is 531 g/mol. The largest absolute Gasteiger partial charge is 0.392 e. The van der Waals surface area contributed by atoms with Crippen molar-refractivity contribution in [1.82, 2.24) is 9.88 Å². The minimum Gasteiger partial charge on any atom is -0.392 e. The molecule has 5 rings (SSSR count). The number of likely N-dealkylation sites (tertiary alicyclic amines) is 1. The Labute approximate surface area is 229 Å². The molecule has 206 valence electrons. The Bertz CT molecular complexity index is 1220. The lowest BCUT2D eigenvalue weighted by Crippen LogP contribution is -2.46. The van der Waals surface area contributed by atoms with Gasteiger partial charge in [-0.3, -0.25) is 14.7 Å². The highest BCUT2D eigenvalue weighted by Gasteiger charge is 2.40. The predicted molar refractivity (Wildman–Crippen MR) is 148 cm³/mol. The topological polar surface area (TPSA) is 93.2 Å². The van der Waals surface area contributed by atoms with Gasteiger partial charge in [0.1, 0.15) is 0 Å². The van der Waals surface area contributed by atoms with Crippen molar-refractivity contribution in [2.75, 3.05) is 32.1 Å². The predicted octanol–water partition coefficient (Wildman–Crippen LogP) is 4.73. The Morgan fingerprint density at radius 1 is 1.13 bits per heavy atom. The van der Waals surface area contributed by atoms with E-state index in [2.05, 4.69) is 22.1 Å². The van der Waals surface area contributed by atoms with Crippen LogP contribution in [0.5, 0.6) is 0 Å². The number of aliphatic hydroxyl groups excluding tert-OH is 1. The summed E-state index contributed by atoms with van der Waals surface area (Å²) in [5.41, 5.74) is 3.90. The van der Waals surface area contributed by atoms with Crippen molar-refractivity contribution in [3.8, 4) is 0 Å². The number of ether oxygens (including phenoxy) is 3. The molecule has 2 aliphatic rings. The summed E-state index contributed by atoms with van der Waals surface area (Å²) < 4.78 is 18.7. The molecular formula is C31H37N3O5. The molecule has 39 heavy (non-hydrogen) atoms. The van der Waals surface area contributed by atoms with Crippen molar-refractivity contribution in [3.63, 3.8) is 0 Å². The van der Waals surface area contributed by atoms with Crippen LogP contribution in [-0.4, -0.2) is 59.8 Å². The highest BCUT2D eigenvalue weighted by molar-refractivity contribution is 6.04. The van der Waals surface area contributed by atoms with Gasteiger partial charge in [0.25, 0.3) is 5.91 Å². The number of aliphatic hydroxyl groups is 1. The van der Waals surface area contributed by atoms with Gasteiger partial charge in [-0.15, -0.1) is 0 Å². The van der Waals surface area contributed by atoms with Crippen molar-refractivity contribution in [2.24, 2.45) is 5.92 Å². The molecule has 2 aromatic carbocycles. The van der Waals surface area contributed by atoms with Gasteiger partial charge in [0.15, 0.2) is 6.29 Å². The zero-order valence-corrected chi connectivity index (χ0v) is 22.5. The molecule has 8 heteroatoms. The lowest BCUT2D eigenvalue weighted by Gasteiger charge is -2.43. The van der Waals surface area contributed by atoms with Crippen LogP contribution in [0.2, 0.25) is 0 Å². The maximum absolute atomic E-state index is 12.7. The minimum absolute atomic E-state index is 0.00310. The van der Waals surface area contributed by atoms with Gasteiger partial charge in [-0.25, -0.2) is 0 Å². The molecule has 0 spiro atoms. The molecule has 1 amide bonds. The third kappa shape index (κ3) is 6.54. The summed E-state index contributed by atoms with van der Waals surface area (Å²) in [6.07, 6.45) is 4.59. The Morgan fingerprint density at radius 3 is 2.72 bits per heavy atom. The number of amides is 1. The maximum atomic E-state index is 12.7. The number of hydrogen-bond acceptors (Lipinski definition) is 7. The van der Waals surface area contributed by atoms with E-state index < -0.39 is 6.29 Å². The molecule has 2 N–H and O–H groups in total. The lowest BCUT2D eigenvalue weighted by atomic mass is 9.90. The number of nitrogens with zero attached hydrogens (tertiary/aromatic N) is 2. The van der Waals surface area contributed by atoms with Gasteiger partial charge in [0.2, 0.25) is 0 Å². The van der Waals surface area contributed by atoms with Crippen LogP contribution < -0.4 is 5.32 Å². The highest BCUT2D eigenvalue weighted by Crippen LogP contribution is 2.42. The van der Waals surface area contributed by atoms with E-state index in [1.54, 1.807) is 31.6 Å². The number of aromatic nitrogens is 1. The average molecular weight is 532 g/mol. The van der Waals surface area contributed by atoms with Crippen LogP contribution in [0.3, 0.4) is 0 Å². The van der Waals surface area contributed by atoms with Crippen LogP contribution in [0, 0.1) is 5.92 Å². The second kappa shape index (κ2) is 12.8. The summed E-state index contributed by atoms with van der Waals surface area (Å²) in [5, 5.41) is 12.5. The Balaban J connectivity index is 1.39. The van der Waals surface area contributed by atoms with Gasteiger partial charge in [-0.05, 0) is 54.8 Å². The fraction of sp³-hybridized carbons (Fsp3) is 0.419. The number of anilines is 1. The number of methoxy groups -OCH3 is 1. The van der Waals surface area contributed by atoms with Gasteiger partial charge in [-0.1, -0.05) is 43.3 Å². The van der Waals surface area contributed by atoms with Crippen LogP contribution in [-0.2, 0) is 20.8 Å². The first-order chi connectivity index (χ1) is 19.1. The molecular weight excluding hydrogens is 494 g/mol. The molecule has 3 aromatic rings. The van der Waals surface area contributed by atoms with E-state index >= 15 is 0 Å². The number of hydrogen-bond donors (Lipinski definition) is 2. The van der Waals surface area contributed by atoms with E-state index in [4.69, 9.17) is 14.2 Å². The van der Waals surface area contributed by atoms with Gasteiger partial charge in [0.05, 0.1) is 31.0 Å². The summed E-state index contributed by atoms with van der Waals surface area (Å²) in [4.78, 5) is 19.2. The molecule has 1 aromatic heterocycles. The van der Waals surface area contributed by atoms with E-state index in [1.807, 2.05) is 48.5 Å². The summed E-state index contributed by atoms with van der Waals surface area (Å²) >= 11 is 0. The van der Waals surface area contributed by atoms with E-state index in [9.17, 15) is 9.90 Å². The van der Waals surface area contributed by atoms with Gasteiger partial charge in [-0.2, -0.15) is 0 Å². The lowest BCUT2D eigenvalue weighted by molar-refractivity contribution is -0.276. The standard InChI is InChI=1S/C31H37N3O5/c1-21-28(18-34-15-5-9-27(34)20-37-2)38-31(39-29(21)23-12-10-22(19-35)11-13-23)24-6-3-8-26(16-24)33-30(36)25-7-4-14-32-17-25/h3-4,6-8,10-14,16-17,21,27-29,31,35H,5,9,15,18-20H2,1-2H3,(H,33,36)/t21-,27+,28+,29+,31+/m1/s1. The Hall–Kier alpha value is -3.14. The molecule has 0 radical (unpaired) electrons. The highest BCUT2D eigenvalue weighted by atomic mass is 16.7. The molecule has 0 aliphatic carbocycles. The number of benzene rings is 2.